The van der Waals surface area contributed by atoms with Gasteiger partial charge in [0, 0.05) is 19.7 Å². The first-order valence-electron chi connectivity index (χ1n) is 7.10. The number of ether oxygens (including phenoxy) is 1. The van der Waals surface area contributed by atoms with Crippen molar-refractivity contribution in [1.29, 1.82) is 5.26 Å². The Kier molecular flexibility index (Phi) is 5.47. The molecule has 0 saturated carbocycles. The zero-order valence-corrected chi connectivity index (χ0v) is 13.0. The van der Waals surface area contributed by atoms with Crippen LogP contribution in [0.25, 0.3) is 0 Å². The molecule has 0 aliphatic rings. The van der Waals surface area contributed by atoms with Crippen molar-refractivity contribution >= 4 is 11.6 Å². The van der Waals surface area contributed by atoms with E-state index >= 15 is 0 Å². The summed E-state index contributed by atoms with van der Waals surface area (Å²) in [5, 5.41) is 19.7. The molecule has 0 aromatic heterocycles. The highest BCUT2D eigenvalue weighted by Gasteiger charge is 2.16. The van der Waals surface area contributed by atoms with Gasteiger partial charge in [0.2, 0.25) is 0 Å². The number of hydrogen-bond donors (Lipinski definition) is 0. The summed E-state index contributed by atoms with van der Waals surface area (Å²) in [5.74, 6) is -0.250. The summed E-state index contributed by atoms with van der Waals surface area (Å²) in [5.41, 5.74) is 1.24. The number of nitrogens with zero attached hydrogens (tertiary/aromatic N) is 3. The molecule has 0 saturated heterocycles. The molecule has 7 heteroatoms. The highest BCUT2D eigenvalue weighted by molar-refractivity contribution is 5.77. The zero-order chi connectivity index (χ0) is 17.5. The summed E-state index contributed by atoms with van der Waals surface area (Å²) in [6.07, 6.45) is 0. The normalized spacial score (nSPS) is 9.83. The lowest BCUT2D eigenvalue weighted by Gasteiger charge is -2.17. The van der Waals surface area contributed by atoms with Crippen molar-refractivity contribution in [3.05, 3.63) is 69.8 Å². The minimum atomic E-state index is -0.555. The van der Waals surface area contributed by atoms with Crippen LogP contribution >= 0.6 is 0 Å². The Bertz CT molecular complexity index is 781. The molecule has 0 heterocycles. The van der Waals surface area contributed by atoms with Gasteiger partial charge in [-0.2, -0.15) is 5.26 Å². The largest absolute Gasteiger partial charge is 0.477 e. The molecule has 0 aliphatic heterocycles. The first-order valence-corrected chi connectivity index (χ1v) is 7.10. The predicted molar refractivity (Wildman–Crippen MR) is 86.2 cm³/mol. The van der Waals surface area contributed by atoms with Crippen LogP contribution < -0.4 is 4.74 Å². The molecule has 24 heavy (non-hydrogen) atoms. The van der Waals surface area contributed by atoms with Gasteiger partial charge >= 0.3 is 5.69 Å². The molecule has 0 unspecified atom stereocenters. The third kappa shape index (κ3) is 4.30. The Morgan fingerprint density at radius 1 is 1.25 bits per heavy atom. The average molecular weight is 325 g/mol. The Morgan fingerprint density at radius 3 is 2.54 bits per heavy atom. The number of likely N-dealkylation sites (N-methyl/N-ethyl adjacent to an activating group) is 1. The number of nitro groups is 1. The maximum atomic E-state index is 12.1. The fourth-order valence-corrected chi connectivity index (χ4v) is 2.03. The first kappa shape index (κ1) is 17.0. The molecule has 7 nitrogen and oxygen atoms in total. The van der Waals surface area contributed by atoms with Gasteiger partial charge in [0.15, 0.2) is 12.4 Å². The topological polar surface area (TPSA) is 96.5 Å². The zero-order valence-electron chi connectivity index (χ0n) is 13.0. The number of para-hydroxylation sites is 2. The van der Waals surface area contributed by atoms with E-state index in [0.717, 1.165) is 5.56 Å². The van der Waals surface area contributed by atoms with Gasteiger partial charge < -0.3 is 9.64 Å². The van der Waals surface area contributed by atoms with Gasteiger partial charge in [-0.25, -0.2) is 0 Å². The summed E-state index contributed by atoms with van der Waals surface area (Å²) < 4.78 is 5.28. The van der Waals surface area contributed by atoms with E-state index in [0.29, 0.717) is 12.1 Å². The predicted octanol–water partition coefficient (Wildman–Crippen LogP) is 2.50. The molecule has 0 radical (unpaired) electrons. The third-order valence-electron chi connectivity index (χ3n) is 3.34. The fraction of sp³-hybridized carbons (Fsp3) is 0.176. The van der Waals surface area contributed by atoms with Gasteiger partial charge in [0.05, 0.1) is 16.6 Å². The lowest BCUT2D eigenvalue weighted by Crippen LogP contribution is -2.31. The number of benzene rings is 2. The number of carbonyl (C=O) groups excluding carboxylic acids is 1. The second-order valence-corrected chi connectivity index (χ2v) is 5.07. The van der Waals surface area contributed by atoms with E-state index in [4.69, 9.17) is 10.00 Å². The molecule has 0 aliphatic carbocycles. The molecule has 0 bridgehead atoms. The SMILES string of the molecule is CN(Cc1ccc(C#N)cc1)C(=O)COc1ccccc1[N+](=O)[O-]. The number of carbonyl (C=O) groups is 1. The third-order valence-corrected chi connectivity index (χ3v) is 3.34. The van der Waals surface area contributed by atoms with Crippen molar-refractivity contribution in [3.8, 4) is 11.8 Å². The van der Waals surface area contributed by atoms with E-state index in [1.807, 2.05) is 6.07 Å². The Labute approximate surface area is 138 Å². The summed E-state index contributed by atoms with van der Waals surface area (Å²) in [4.78, 5) is 23.9. The van der Waals surface area contributed by atoms with Crippen molar-refractivity contribution in [2.45, 2.75) is 6.54 Å². The van der Waals surface area contributed by atoms with Crippen LogP contribution in [0.15, 0.2) is 48.5 Å². The molecular weight excluding hydrogens is 310 g/mol. The first-order chi connectivity index (χ1) is 11.5. The van der Waals surface area contributed by atoms with Gasteiger partial charge in [0.25, 0.3) is 5.91 Å². The van der Waals surface area contributed by atoms with Gasteiger partial charge in [0.1, 0.15) is 0 Å². The average Bonchev–Trinajstić information content (AvgIpc) is 2.60. The van der Waals surface area contributed by atoms with E-state index in [9.17, 15) is 14.9 Å². The monoisotopic (exact) mass is 325 g/mol. The van der Waals surface area contributed by atoms with Crippen LogP contribution in [0, 0.1) is 21.4 Å². The second-order valence-electron chi connectivity index (χ2n) is 5.07. The van der Waals surface area contributed by atoms with Crippen molar-refractivity contribution in [2.24, 2.45) is 0 Å². The summed E-state index contributed by atoms with van der Waals surface area (Å²) in [7, 11) is 1.61. The van der Waals surface area contributed by atoms with Crippen LogP contribution in [0.2, 0.25) is 0 Å². The van der Waals surface area contributed by atoms with Crippen LogP contribution in [-0.4, -0.2) is 29.4 Å². The molecule has 0 N–H and O–H groups in total. The highest BCUT2D eigenvalue weighted by atomic mass is 16.6. The van der Waals surface area contributed by atoms with Gasteiger partial charge in [-0.15, -0.1) is 0 Å². The summed E-state index contributed by atoms with van der Waals surface area (Å²) in [6, 6.07) is 14.8. The number of nitro benzene ring substituents is 1. The van der Waals surface area contributed by atoms with Crippen molar-refractivity contribution in [1.82, 2.24) is 4.90 Å². The number of hydrogen-bond acceptors (Lipinski definition) is 5. The lowest BCUT2D eigenvalue weighted by atomic mass is 10.1. The molecule has 0 fully saturated rings. The number of nitriles is 1. The van der Waals surface area contributed by atoms with E-state index in [2.05, 4.69) is 0 Å². The quantitative estimate of drug-likeness (QED) is 0.600. The van der Waals surface area contributed by atoms with Crippen molar-refractivity contribution in [2.75, 3.05) is 13.7 Å². The van der Waals surface area contributed by atoms with E-state index in [-0.39, 0.29) is 24.0 Å². The van der Waals surface area contributed by atoms with Crippen LogP contribution in [-0.2, 0) is 11.3 Å². The molecule has 1 amide bonds. The molecule has 122 valence electrons. The number of rotatable bonds is 6. The fourth-order valence-electron chi connectivity index (χ4n) is 2.03. The van der Waals surface area contributed by atoms with Gasteiger partial charge in [-0.3, -0.25) is 14.9 Å². The summed E-state index contributed by atoms with van der Waals surface area (Å²) >= 11 is 0. The lowest BCUT2D eigenvalue weighted by molar-refractivity contribution is -0.385. The molecular formula is C17H15N3O4. The Balaban J connectivity index is 1.94. The maximum absolute atomic E-state index is 12.1. The van der Waals surface area contributed by atoms with Gasteiger partial charge in [-0.1, -0.05) is 24.3 Å². The summed E-state index contributed by atoms with van der Waals surface area (Å²) in [6.45, 7) is 0.0580. The van der Waals surface area contributed by atoms with Crippen LogP contribution in [0.3, 0.4) is 0 Å². The second kappa shape index (κ2) is 7.74. The van der Waals surface area contributed by atoms with Crippen LogP contribution in [0.1, 0.15) is 11.1 Å². The minimum Gasteiger partial charge on any atom is -0.477 e. The minimum absolute atomic E-state index is 0.0580. The number of amides is 1. The molecule has 2 aromatic rings. The van der Waals surface area contributed by atoms with Crippen LogP contribution in [0.5, 0.6) is 5.75 Å². The van der Waals surface area contributed by atoms with E-state index in [1.165, 1.54) is 23.1 Å². The van der Waals surface area contributed by atoms with Crippen LogP contribution in [0.4, 0.5) is 5.69 Å². The molecule has 2 aromatic carbocycles. The molecule has 0 atom stereocenters. The van der Waals surface area contributed by atoms with E-state index < -0.39 is 4.92 Å². The van der Waals surface area contributed by atoms with Gasteiger partial charge in [-0.05, 0) is 23.8 Å². The smallest absolute Gasteiger partial charge is 0.310 e. The Hall–Kier alpha value is -3.40. The van der Waals surface area contributed by atoms with E-state index in [1.54, 1.807) is 37.4 Å². The highest BCUT2D eigenvalue weighted by Crippen LogP contribution is 2.25. The van der Waals surface area contributed by atoms with Crippen molar-refractivity contribution in [3.63, 3.8) is 0 Å². The molecule has 2 rings (SSSR count). The molecule has 0 spiro atoms. The maximum Gasteiger partial charge on any atom is 0.310 e. The Morgan fingerprint density at radius 2 is 1.92 bits per heavy atom. The standard InChI is InChI=1S/C17H15N3O4/c1-19(11-14-8-6-13(10-18)7-9-14)17(21)12-24-16-5-3-2-4-15(16)20(22)23/h2-9H,11-12H2,1H3. The van der Waals surface area contributed by atoms with Crippen molar-refractivity contribution < 1.29 is 14.5 Å².